The summed E-state index contributed by atoms with van der Waals surface area (Å²) >= 11 is 5.81. The minimum absolute atomic E-state index is 0.155. The molecule has 0 radical (unpaired) electrons. The number of nitrogens with two attached hydrogens (primary N) is 1. The molecule has 7 unspecified atom stereocenters. The zero-order chi connectivity index (χ0) is 30.3. The summed E-state index contributed by atoms with van der Waals surface area (Å²) in [6.07, 6.45) is -13.6. The number of phosphoric acid groups is 1. The Balaban J connectivity index is 1.40. The van der Waals surface area contributed by atoms with Crippen molar-refractivity contribution in [1.82, 2.24) is 19.7 Å². The van der Waals surface area contributed by atoms with Crippen molar-refractivity contribution in [2.24, 2.45) is 0 Å². The van der Waals surface area contributed by atoms with E-state index in [9.17, 15) is 39.9 Å². The Morgan fingerprint density at radius 1 is 1.15 bits per heavy atom. The topological polar surface area (TPSA) is 302 Å². The van der Waals surface area contributed by atoms with Crippen LogP contribution in [0.5, 0.6) is 0 Å². The molecule has 4 heterocycles. The third kappa shape index (κ3) is 7.09. The number of rotatable bonds is 11. The number of aliphatic hydroxyl groups is 6. The number of hydrogen-bond acceptors (Lipinski definition) is 19. The summed E-state index contributed by atoms with van der Waals surface area (Å²) in [7, 11) is -3.84. The fourth-order valence-corrected chi connectivity index (χ4v) is 8.30. The predicted molar refractivity (Wildman–Crippen MR) is 140 cm³/mol. The van der Waals surface area contributed by atoms with E-state index >= 15 is 0 Å². The quantitative estimate of drug-likeness (QED) is 0.105. The second-order valence-electron chi connectivity index (χ2n) is 9.01. The molecule has 2 fully saturated rings. The van der Waals surface area contributed by atoms with E-state index in [1.54, 1.807) is 7.05 Å². The van der Waals surface area contributed by atoms with E-state index in [2.05, 4.69) is 28.5 Å². The average Bonchev–Trinajstić information content (AvgIpc) is 3.47. The lowest BCUT2D eigenvalue weighted by molar-refractivity contribution is -0.292. The van der Waals surface area contributed by atoms with Crippen LogP contribution in [0.25, 0.3) is 11.0 Å². The number of aliphatic hydroxyl groups excluding tert-OH is 6. The van der Waals surface area contributed by atoms with Crippen molar-refractivity contribution < 1.29 is 67.8 Å². The van der Waals surface area contributed by atoms with Gasteiger partial charge in [0.25, 0.3) is 0 Å². The molecule has 2 saturated heterocycles. The van der Waals surface area contributed by atoms with Crippen molar-refractivity contribution in [3.8, 4) is 0 Å². The predicted octanol–water partition coefficient (Wildman–Crippen LogP) is -3.41. The summed E-state index contributed by atoms with van der Waals surface area (Å²) in [5.41, 5.74) is 6.60. The number of likely N-dealkylation sites (N-methyl/N-ethyl adjacent to an activating group) is 1. The monoisotopic (exact) mass is 665 g/mol. The number of phosphoric ester groups is 1. The van der Waals surface area contributed by atoms with Crippen LogP contribution < -0.4 is 11.1 Å². The highest BCUT2D eigenvalue weighted by molar-refractivity contribution is 8.08. The van der Waals surface area contributed by atoms with Crippen LogP contribution in [0.2, 0.25) is 0 Å². The third-order valence-electron chi connectivity index (χ3n) is 6.33. The Hall–Kier alpha value is -0.910. The molecule has 2 aliphatic heterocycles. The Labute approximate surface area is 240 Å². The maximum atomic E-state index is 12.6. The summed E-state index contributed by atoms with van der Waals surface area (Å²) < 4.78 is 42.1. The molecule has 232 valence electrons. The van der Waals surface area contributed by atoms with Crippen molar-refractivity contribution in [2.45, 2.75) is 61.2 Å². The van der Waals surface area contributed by atoms with Crippen LogP contribution in [0.15, 0.2) is 6.33 Å². The maximum absolute atomic E-state index is 12.6. The van der Waals surface area contributed by atoms with Crippen LogP contribution in [0.4, 0.5) is 5.82 Å². The number of nitrogens with zero attached hydrogens (tertiary/aromatic N) is 3. The molecule has 2 aromatic rings. The molecule has 4 rings (SSSR count). The van der Waals surface area contributed by atoms with Crippen molar-refractivity contribution >= 4 is 54.7 Å². The van der Waals surface area contributed by atoms with Crippen molar-refractivity contribution in [3.63, 3.8) is 0 Å². The highest BCUT2D eigenvalue weighted by Crippen LogP contribution is 2.62. The molecule has 11 N–H and O–H groups in total. The molecule has 0 spiro atoms. The first-order valence-corrected chi connectivity index (χ1v) is 16.6. The van der Waals surface area contributed by atoms with Gasteiger partial charge < -0.3 is 65.5 Å². The number of nitrogens with one attached hydrogen (secondary N) is 1. The van der Waals surface area contributed by atoms with E-state index in [-0.39, 0.29) is 5.82 Å². The molecular formula is C18H29N5O14P2S2. The smallest absolute Gasteiger partial charge is 0.394 e. The molecule has 23 heteroatoms. The van der Waals surface area contributed by atoms with Crippen LogP contribution in [-0.2, 0) is 39.2 Å². The lowest BCUT2D eigenvalue weighted by atomic mass is 9.96. The van der Waals surface area contributed by atoms with Crippen molar-refractivity contribution in [1.29, 1.82) is 0 Å². The molecule has 0 aromatic carbocycles. The molecule has 12 atom stereocenters. The van der Waals surface area contributed by atoms with Gasteiger partial charge in [0.2, 0.25) is 0 Å². The van der Waals surface area contributed by atoms with Crippen LogP contribution in [0.1, 0.15) is 11.0 Å². The SMILES string of the molecule is CN[C@@H]1[C@H](O)[C@@H](COP(O)(=S)OP(=O)(O)OC2OC([C@@H](O)CO)C(O)C(O)C2O)O[C@H]1c1snc2c(N)ncnc12. The van der Waals surface area contributed by atoms with Gasteiger partial charge in [-0.25, -0.2) is 18.8 Å². The van der Waals surface area contributed by atoms with Gasteiger partial charge in [-0.1, -0.05) is 0 Å². The van der Waals surface area contributed by atoms with Crippen molar-refractivity contribution in [3.05, 3.63) is 11.2 Å². The number of fused-ring (bicyclic) bond motifs is 1. The highest BCUT2D eigenvalue weighted by Gasteiger charge is 2.50. The molecular weight excluding hydrogens is 636 g/mol. The van der Waals surface area contributed by atoms with Crippen molar-refractivity contribution in [2.75, 3.05) is 26.0 Å². The van der Waals surface area contributed by atoms with Gasteiger partial charge in [-0.2, -0.15) is 4.37 Å². The van der Waals surface area contributed by atoms with Gasteiger partial charge in [-0.15, -0.1) is 0 Å². The molecule has 0 amide bonds. The summed E-state index contributed by atoms with van der Waals surface area (Å²) in [6, 6.07) is -0.706. The van der Waals surface area contributed by atoms with E-state index < -0.39 is 88.9 Å². The van der Waals surface area contributed by atoms with Gasteiger partial charge in [0, 0.05) is 0 Å². The Kier molecular flexibility index (Phi) is 10.4. The normalized spacial score (nSPS) is 36.2. The van der Waals surface area contributed by atoms with Gasteiger partial charge in [0.1, 0.15) is 66.2 Å². The Bertz CT molecular complexity index is 1310. The fraction of sp³-hybridized carbons (Fsp3) is 0.722. The van der Waals surface area contributed by atoms with Gasteiger partial charge in [0.15, 0.2) is 12.1 Å². The van der Waals surface area contributed by atoms with Gasteiger partial charge in [-0.05, 0) is 30.4 Å². The zero-order valence-electron chi connectivity index (χ0n) is 20.9. The standard InChI is InChI=1S/C18H29N5O14P2S2/c1-20-9-10(26)6(34-15(9)16-7-8(23-41-16)17(19)22-4-21-7)3-33-39(32,40)37-38(30,31)36-18-13(29)11(27)12(28)14(35-18)5(25)2-24/h4-6,9-15,18,20,24-29H,2-3H2,1H3,(H,30,31)(H,32,40)(H2,19,21,22)/t5-,6+,9+,10+,11?,12?,13?,14?,15+,18?,39?/m0/s1. The van der Waals surface area contributed by atoms with Gasteiger partial charge in [-0.3, -0.25) is 4.52 Å². The van der Waals surface area contributed by atoms with Crippen LogP contribution in [0, 0.1) is 0 Å². The van der Waals surface area contributed by atoms with E-state index in [0.29, 0.717) is 15.9 Å². The van der Waals surface area contributed by atoms with E-state index in [1.807, 2.05) is 0 Å². The second kappa shape index (κ2) is 13.0. The van der Waals surface area contributed by atoms with Gasteiger partial charge in [0.05, 0.1) is 24.1 Å². The summed E-state index contributed by atoms with van der Waals surface area (Å²) in [5.74, 6) is 0.155. The molecule has 0 bridgehead atoms. The number of aromatic nitrogens is 3. The summed E-state index contributed by atoms with van der Waals surface area (Å²) in [6.45, 7) is -6.15. The first kappa shape index (κ1) is 33.0. The van der Waals surface area contributed by atoms with Crippen LogP contribution in [0.3, 0.4) is 0 Å². The molecule has 19 nitrogen and oxygen atoms in total. The Morgan fingerprint density at radius 3 is 2.51 bits per heavy atom. The first-order valence-electron chi connectivity index (χ1n) is 11.7. The second-order valence-corrected chi connectivity index (χ2v) is 14.2. The summed E-state index contributed by atoms with van der Waals surface area (Å²) in [5, 5.41) is 62.6. The number of hydrogen-bond donors (Lipinski definition) is 10. The number of nitrogen functional groups attached to an aromatic ring is 1. The lowest BCUT2D eigenvalue weighted by Gasteiger charge is -2.41. The average molecular weight is 666 g/mol. The van der Waals surface area contributed by atoms with E-state index in [4.69, 9.17) is 36.6 Å². The maximum Gasteiger partial charge on any atom is 0.481 e. The number of anilines is 1. The highest BCUT2D eigenvalue weighted by atomic mass is 32.5. The minimum Gasteiger partial charge on any atom is -0.394 e. The lowest BCUT2D eigenvalue weighted by Crippen LogP contribution is -2.61. The molecule has 2 aliphatic rings. The fourth-order valence-electron chi connectivity index (χ4n) is 4.29. The molecule has 2 aromatic heterocycles. The molecule has 0 aliphatic carbocycles. The number of ether oxygens (including phenoxy) is 2. The summed E-state index contributed by atoms with van der Waals surface area (Å²) in [4.78, 5) is 29.1. The Morgan fingerprint density at radius 2 is 1.85 bits per heavy atom. The molecule has 41 heavy (non-hydrogen) atoms. The minimum atomic E-state index is -5.41. The first-order chi connectivity index (χ1) is 19.2. The molecule has 0 saturated carbocycles. The van der Waals surface area contributed by atoms with E-state index in [1.165, 1.54) is 6.33 Å². The van der Waals surface area contributed by atoms with E-state index in [0.717, 1.165) is 11.5 Å². The zero-order valence-corrected chi connectivity index (χ0v) is 24.3. The third-order valence-corrected chi connectivity index (χ3v) is 10.7. The van der Waals surface area contributed by atoms with Gasteiger partial charge >= 0.3 is 14.5 Å². The van der Waals surface area contributed by atoms with Crippen LogP contribution in [-0.4, -0.2) is 130 Å². The largest absolute Gasteiger partial charge is 0.481 e. The van der Waals surface area contributed by atoms with Crippen LogP contribution >= 0.6 is 26.1 Å².